The Morgan fingerprint density at radius 1 is 0.750 bits per heavy atom. The van der Waals surface area contributed by atoms with Crippen LogP contribution in [0.3, 0.4) is 0 Å². The summed E-state index contributed by atoms with van der Waals surface area (Å²) in [6.45, 7) is 3.81. The maximum absolute atomic E-state index is 14.1. The molecule has 1 aromatic rings. The normalized spacial score (nSPS) is 22.9. The first-order chi connectivity index (χ1) is 25.0. The fourth-order valence-corrected chi connectivity index (χ4v) is 7.30. The standard InChI is InChI=1S/C41H72N4O7/c1-3-5-7-9-11-13-15-17-19-24-28-45(34(47)27-23-18-16-14-12-10-8-6-4-2)41(44)35(40(51)38(49)33(30-46)52-41)39(50)36(43)37(48)32(42)29-31-25-21-20-22-26-31/h20-22,25-26,32-33,35-36,38,40,46,49,51H,3-19,23-24,27-30,42-44H2,1-2H3/t32-,33+,35+,36?,38+,40+,41-/m0/s1. The molecule has 1 aliphatic rings. The van der Waals surface area contributed by atoms with E-state index in [1.54, 1.807) is 12.1 Å². The summed E-state index contributed by atoms with van der Waals surface area (Å²) in [5.41, 5.74) is 20.2. The van der Waals surface area contributed by atoms with Crippen molar-refractivity contribution in [1.82, 2.24) is 4.90 Å². The van der Waals surface area contributed by atoms with Crippen LogP contribution in [-0.4, -0.2) is 87.1 Å². The van der Waals surface area contributed by atoms with Crippen LogP contribution >= 0.6 is 0 Å². The number of aliphatic hydroxyl groups is 3. The van der Waals surface area contributed by atoms with E-state index in [9.17, 15) is 29.7 Å². The van der Waals surface area contributed by atoms with E-state index in [-0.39, 0.29) is 25.3 Å². The van der Waals surface area contributed by atoms with Crippen LogP contribution in [0.5, 0.6) is 0 Å². The van der Waals surface area contributed by atoms with Crippen LogP contribution in [-0.2, 0) is 25.5 Å². The number of ketones is 2. The summed E-state index contributed by atoms with van der Waals surface area (Å²) in [4.78, 5) is 42.9. The summed E-state index contributed by atoms with van der Waals surface area (Å²) in [5.74, 6) is -6.16. The van der Waals surface area contributed by atoms with Crippen LogP contribution in [0.4, 0.5) is 0 Å². The molecule has 0 aliphatic carbocycles. The van der Waals surface area contributed by atoms with Crippen molar-refractivity contribution in [3.05, 3.63) is 35.9 Å². The summed E-state index contributed by atoms with van der Waals surface area (Å²) in [6, 6.07) is 6.14. The molecule has 52 heavy (non-hydrogen) atoms. The van der Waals surface area contributed by atoms with Crippen molar-refractivity contribution in [2.45, 2.75) is 185 Å². The van der Waals surface area contributed by atoms with E-state index in [0.717, 1.165) is 50.5 Å². The molecule has 11 nitrogen and oxygen atoms in total. The highest BCUT2D eigenvalue weighted by molar-refractivity contribution is 6.09. The van der Waals surface area contributed by atoms with Gasteiger partial charge in [0.1, 0.15) is 24.2 Å². The van der Waals surface area contributed by atoms with Crippen molar-refractivity contribution in [1.29, 1.82) is 0 Å². The van der Waals surface area contributed by atoms with E-state index >= 15 is 0 Å². The van der Waals surface area contributed by atoms with Gasteiger partial charge in [-0.15, -0.1) is 0 Å². The molecule has 1 heterocycles. The fourth-order valence-electron chi connectivity index (χ4n) is 7.30. The van der Waals surface area contributed by atoms with Gasteiger partial charge in [0.25, 0.3) is 0 Å². The van der Waals surface area contributed by atoms with E-state index in [1.165, 1.54) is 69.1 Å². The predicted octanol–water partition coefficient (Wildman–Crippen LogP) is 5.03. The third kappa shape index (κ3) is 14.9. The van der Waals surface area contributed by atoms with E-state index in [0.29, 0.717) is 12.8 Å². The molecular formula is C41H72N4O7. The number of ether oxygens (including phenoxy) is 1. The smallest absolute Gasteiger partial charge is 0.225 e. The Balaban J connectivity index is 2.23. The number of hydrogen-bond donors (Lipinski definition) is 6. The summed E-state index contributed by atoms with van der Waals surface area (Å²) < 4.78 is 6.05. The van der Waals surface area contributed by atoms with Gasteiger partial charge in [0.2, 0.25) is 11.8 Å². The minimum absolute atomic E-state index is 0.130. The largest absolute Gasteiger partial charge is 0.394 e. The van der Waals surface area contributed by atoms with Crippen molar-refractivity contribution >= 4 is 17.5 Å². The monoisotopic (exact) mass is 733 g/mol. The lowest BCUT2D eigenvalue weighted by molar-refractivity contribution is -0.291. The number of carbonyl (C=O) groups is 3. The lowest BCUT2D eigenvalue weighted by atomic mass is 9.79. The van der Waals surface area contributed by atoms with Crippen LogP contribution in [0.25, 0.3) is 0 Å². The molecule has 0 spiro atoms. The minimum atomic E-state index is -2.28. The van der Waals surface area contributed by atoms with Crippen LogP contribution < -0.4 is 17.2 Å². The Morgan fingerprint density at radius 3 is 1.73 bits per heavy atom. The van der Waals surface area contributed by atoms with Crippen molar-refractivity contribution in [2.75, 3.05) is 13.2 Å². The molecule has 0 aromatic heterocycles. The van der Waals surface area contributed by atoms with Crippen LogP contribution in [0.2, 0.25) is 0 Å². The Kier molecular flexibility index (Phi) is 22.7. The summed E-state index contributed by atoms with van der Waals surface area (Å²) >= 11 is 0. The maximum atomic E-state index is 14.1. The third-order valence-electron chi connectivity index (χ3n) is 10.6. The lowest BCUT2D eigenvalue weighted by Gasteiger charge is -2.53. The molecule has 1 saturated heterocycles. The van der Waals surface area contributed by atoms with Crippen molar-refractivity contribution in [3.8, 4) is 0 Å². The van der Waals surface area contributed by atoms with Gasteiger partial charge >= 0.3 is 0 Å². The Hall–Kier alpha value is -2.25. The molecule has 0 radical (unpaired) electrons. The number of nitrogens with zero attached hydrogens (tertiary/aromatic N) is 1. The number of hydrogen-bond acceptors (Lipinski definition) is 10. The highest BCUT2D eigenvalue weighted by Gasteiger charge is 2.60. The molecule has 298 valence electrons. The average molecular weight is 733 g/mol. The van der Waals surface area contributed by atoms with Gasteiger partial charge in [-0.2, -0.15) is 0 Å². The SMILES string of the molecule is CCCCCCCCCCCCN(C(=O)CCCCCCCCCCC)[C@]1(N)O[C@H](CO)[C@@H](O)[C@H](O)[C@H]1C(=O)C(N)C(=O)[C@@H](N)Cc1ccccc1. The van der Waals surface area contributed by atoms with E-state index in [1.807, 2.05) is 18.2 Å². The molecule has 1 unspecified atom stereocenters. The predicted molar refractivity (Wildman–Crippen MR) is 206 cm³/mol. The summed E-state index contributed by atoms with van der Waals surface area (Å²) in [6.07, 6.45) is 15.7. The van der Waals surface area contributed by atoms with E-state index in [2.05, 4.69) is 13.8 Å². The minimum Gasteiger partial charge on any atom is -0.394 e. The maximum Gasteiger partial charge on any atom is 0.225 e. The number of carbonyl (C=O) groups excluding carboxylic acids is 3. The van der Waals surface area contributed by atoms with Gasteiger partial charge in [-0.3, -0.25) is 20.1 Å². The van der Waals surface area contributed by atoms with Gasteiger partial charge in [0, 0.05) is 13.0 Å². The highest BCUT2D eigenvalue weighted by atomic mass is 16.6. The van der Waals surface area contributed by atoms with Gasteiger partial charge in [0.05, 0.1) is 18.8 Å². The van der Waals surface area contributed by atoms with Gasteiger partial charge in [0.15, 0.2) is 11.6 Å². The number of rotatable bonds is 29. The first-order valence-electron chi connectivity index (χ1n) is 20.4. The zero-order valence-electron chi connectivity index (χ0n) is 32.3. The second kappa shape index (κ2) is 25.7. The summed E-state index contributed by atoms with van der Waals surface area (Å²) in [7, 11) is 0. The zero-order chi connectivity index (χ0) is 38.4. The van der Waals surface area contributed by atoms with Gasteiger partial charge in [-0.1, -0.05) is 153 Å². The number of unbranched alkanes of at least 4 members (excludes halogenated alkanes) is 17. The van der Waals surface area contributed by atoms with E-state index < -0.39 is 60.3 Å². The molecule has 1 aliphatic heterocycles. The van der Waals surface area contributed by atoms with Crippen molar-refractivity contribution in [2.24, 2.45) is 23.1 Å². The Morgan fingerprint density at radius 2 is 1.23 bits per heavy atom. The average Bonchev–Trinajstić information content (AvgIpc) is 3.14. The molecule has 7 atom stereocenters. The first kappa shape index (κ1) is 45.9. The second-order valence-corrected chi connectivity index (χ2v) is 14.9. The molecule has 0 saturated carbocycles. The quantitative estimate of drug-likeness (QED) is 0.0368. The molecule has 2 rings (SSSR count). The zero-order valence-corrected chi connectivity index (χ0v) is 32.3. The van der Waals surface area contributed by atoms with Crippen molar-refractivity contribution in [3.63, 3.8) is 0 Å². The number of aliphatic hydroxyl groups excluding tert-OH is 3. The van der Waals surface area contributed by atoms with Crippen LogP contribution in [0.15, 0.2) is 30.3 Å². The topological polar surface area (TPSA) is 202 Å². The Bertz CT molecular complexity index is 1140. The molecule has 1 amide bonds. The lowest BCUT2D eigenvalue weighted by Crippen LogP contribution is -2.76. The second-order valence-electron chi connectivity index (χ2n) is 14.9. The number of Topliss-reactive ketones (excluding diaryl/α,β-unsaturated/α-hetero) is 2. The van der Waals surface area contributed by atoms with Crippen LogP contribution in [0.1, 0.15) is 148 Å². The molecule has 0 bridgehead atoms. The van der Waals surface area contributed by atoms with Crippen molar-refractivity contribution < 1.29 is 34.4 Å². The molecular weight excluding hydrogens is 660 g/mol. The highest BCUT2D eigenvalue weighted by Crippen LogP contribution is 2.36. The molecule has 1 fully saturated rings. The van der Waals surface area contributed by atoms with Crippen LogP contribution in [0, 0.1) is 5.92 Å². The molecule has 1 aromatic carbocycles. The van der Waals surface area contributed by atoms with Gasteiger partial charge < -0.3 is 36.4 Å². The first-order valence-corrected chi connectivity index (χ1v) is 20.4. The van der Waals surface area contributed by atoms with Gasteiger partial charge in [-0.05, 0) is 24.8 Å². The Labute approximate surface area is 313 Å². The number of nitrogens with two attached hydrogens (primary N) is 3. The summed E-state index contributed by atoms with van der Waals surface area (Å²) in [5, 5.41) is 32.4. The fraction of sp³-hybridized carbons (Fsp3) is 0.780. The third-order valence-corrected chi connectivity index (χ3v) is 10.6. The van der Waals surface area contributed by atoms with E-state index in [4.69, 9.17) is 21.9 Å². The molecule has 9 N–H and O–H groups in total. The number of amides is 1. The molecule has 11 heteroatoms. The number of benzene rings is 1. The van der Waals surface area contributed by atoms with Gasteiger partial charge in [-0.25, -0.2) is 0 Å².